The number of benzene rings is 2. The second-order valence-electron chi connectivity index (χ2n) is 6.09. The van der Waals surface area contributed by atoms with E-state index in [2.05, 4.69) is 0 Å². The summed E-state index contributed by atoms with van der Waals surface area (Å²) in [5.74, 6) is 0. The molecule has 27 heavy (non-hydrogen) atoms. The molecule has 0 bridgehead atoms. The molecule has 1 saturated heterocycles. The summed E-state index contributed by atoms with van der Waals surface area (Å²) < 4.78 is 38.7. The lowest BCUT2D eigenvalue weighted by Gasteiger charge is -2.37. The first-order valence-electron chi connectivity index (χ1n) is 8.15. The highest BCUT2D eigenvalue weighted by Crippen LogP contribution is 2.32. The molecule has 140 valence electrons. The van der Waals surface area contributed by atoms with Crippen molar-refractivity contribution in [3.05, 3.63) is 63.7 Å². The fourth-order valence-corrected chi connectivity index (χ4v) is 3.09. The standard InChI is InChI=1S/C18H15F3N4O2/c19-18(20,21)14-2-1-3-15(11-14)23-6-8-24(9-7-23)17-5-4-16(25(26)27)10-13(17)12-22/h1-5,10-11H,6-9H2. The Kier molecular flexibility index (Phi) is 4.90. The highest BCUT2D eigenvalue weighted by atomic mass is 19.4. The first-order valence-corrected chi connectivity index (χ1v) is 8.15. The zero-order valence-electron chi connectivity index (χ0n) is 14.1. The average molecular weight is 376 g/mol. The van der Waals surface area contributed by atoms with E-state index in [0.29, 0.717) is 37.6 Å². The SMILES string of the molecule is N#Cc1cc([N+](=O)[O-])ccc1N1CCN(c2cccc(C(F)(F)F)c2)CC1. The third-order valence-corrected chi connectivity index (χ3v) is 4.47. The van der Waals surface area contributed by atoms with Gasteiger partial charge in [-0.1, -0.05) is 6.07 Å². The molecule has 1 aliphatic rings. The van der Waals surface area contributed by atoms with Crippen molar-refractivity contribution in [3.63, 3.8) is 0 Å². The number of halogens is 3. The van der Waals surface area contributed by atoms with E-state index in [9.17, 15) is 28.5 Å². The van der Waals surface area contributed by atoms with Crippen LogP contribution in [0.3, 0.4) is 0 Å². The van der Waals surface area contributed by atoms with Crippen molar-refractivity contribution >= 4 is 17.1 Å². The van der Waals surface area contributed by atoms with E-state index in [0.717, 1.165) is 12.1 Å². The monoisotopic (exact) mass is 376 g/mol. The predicted octanol–water partition coefficient (Wildman–Crippen LogP) is 3.81. The molecule has 0 radical (unpaired) electrons. The van der Waals surface area contributed by atoms with Crippen molar-refractivity contribution in [2.24, 2.45) is 0 Å². The molecule has 2 aromatic carbocycles. The van der Waals surface area contributed by atoms with E-state index in [1.165, 1.54) is 24.3 Å². The van der Waals surface area contributed by atoms with Crippen molar-refractivity contribution in [2.75, 3.05) is 36.0 Å². The number of anilines is 2. The largest absolute Gasteiger partial charge is 0.416 e. The van der Waals surface area contributed by atoms with Crippen molar-refractivity contribution < 1.29 is 18.1 Å². The summed E-state index contributed by atoms with van der Waals surface area (Å²) in [6, 6.07) is 11.3. The average Bonchev–Trinajstić information content (AvgIpc) is 2.67. The third kappa shape index (κ3) is 3.95. The molecule has 6 nitrogen and oxygen atoms in total. The van der Waals surface area contributed by atoms with E-state index in [1.807, 2.05) is 15.9 Å². The molecule has 1 heterocycles. The van der Waals surface area contributed by atoms with Crippen LogP contribution in [-0.2, 0) is 6.18 Å². The Morgan fingerprint density at radius 3 is 2.30 bits per heavy atom. The van der Waals surface area contributed by atoms with Crippen LogP contribution >= 0.6 is 0 Å². The number of rotatable bonds is 3. The normalized spacial score (nSPS) is 14.7. The van der Waals surface area contributed by atoms with Gasteiger partial charge in [-0.25, -0.2) is 0 Å². The summed E-state index contributed by atoms with van der Waals surface area (Å²) in [6.07, 6.45) is -4.39. The molecule has 3 rings (SSSR count). The van der Waals surface area contributed by atoms with Crippen LogP contribution in [0.15, 0.2) is 42.5 Å². The number of alkyl halides is 3. The Hall–Kier alpha value is -3.28. The summed E-state index contributed by atoms with van der Waals surface area (Å²) >= 11 is 0. The van der Waals surface area contributed by atoms with Gasteiger partial charge in [-0.2, -0.15) is 18.4 Å². The van der Waals surface area contributed by atoms with E-state index in [4.69, 9.17) is 0 Å². The van der Waals surface area contributed by atoms with Crippen molar-refractivity contribution in [2.45, 2.75) is 6.18 Å². The minimum atomic E-state index is -4.39. The Morgan fingerprint density at radius 1 is 1.04 bits per heavy atom. The summed E-state index contributed by atoms with van der Waals surface area (Å²) in [4.78, 5) is 14.1. The Bertz CT molecular complexity index is 900. The fourth-order valence-electron chi connectivity index (χ4n) is 3.09. The first-order chi connectivity index (χ1) is 12.8. The van der Waals surface area contributed by atoms with Crippen LogP contribution < -0.4 is 9.80 Å². The summed E-state index contributed by atoms with van der Waals surface area (Å²) in [6.45, 7) is 1.93. The van der Waals surface area contributed by atoms with Gasteiger partial charge >= 0.3 is 6.18 Å². The fraction of sp³-hybridized carbons (Fsp3) is 0.278. The maximum Gasteiger partial charge on any atom is 0.416 e. The molecule has 0 saturated carbocycles. The van der Waals surface area contributed by atoms with E-state index in [-0.39, 0.29) is 11.3 Å². The van der Waals surface area contributed by atoms with Crippen LogP contribution in [-0.4, -0.2) is 31.1 Å². The molecule has 9 heteroatoms. The lowest BCUT2D eigenvalue weighted by molar-refractivity contribution is -0.384. The predicted molar refractivity (Wildman–Crippen MR) is 93.7 cm³/mol. The minimum absolute atomic E-state index is 0.155. The highest BCUT2D eigenvalue weighted by Gasteiger charge is 2.31. The van der Waals surface area contributed by atoms with Gasteiger partial charge in [0.15, 0.2) is 0 Å². The van der Waals surface area contributed by atoms with Gasteiger partial charge in [-0.3, -0.25) is 10.1 Å². The zero-order valence-corrected chi connectivity index (χ0v) is 14.1. The smallest absolute Gasteiger partial charge is 0.368 e. The van der Waals surface area contributed by atoms with Crippen LogP contribution in [0.4, 0.5) is 30.2 Å². The van der Waals surface area contributed by atoms with Crippen LogP contribution in [0.1, 0.15) is 11.1 Å². The van der Waals surface area contributed by atoms with Crippen LogP contribution in [0.25, 0.3) is 0 Å². The number of piperazine rings is 1. The van der Waals surface area contributed by atoms with Crippen LogP contribution in [0.5, 0.6) is 0 Å². The second-order valence-corrected chi connectivity index (χ2v) is 6.09. The Morgan fingerprint density at radius 2 is 1.70 bits per heavy atom. The molecule has 0 spiro atoms. The quantitative estimate of drug-likeness (QED) is 0.602. The molecule has 0 N–H and O–H groups in total. The molecular formula is C18H15F3N4O2. The Labute approximate surface area is 153 Å². The number of nitriles is 1. The first kappa shape index (κ1) is 18.5. The molecule has 0 aromatic heterocycles. The highest BCUT2D eigenvalue weighted by molar-refractivity contribution is 5.64. The van der Waals surface area contributed by atoms with E-state index >= 15 is 0 Å². The number of non-ortho nitro benzene ring substituents is 1. The molecule has 0 aliphatic carbocycles. The molecular weight excluding hydrogens is 361 g/mol. The maximum absolute atomic E-state index is 12.9. The summed E-state index contributed by atoms with van der Waals surface area (Å²) in [5.41, 5.74) is 0.444. The number of hydrogen-bond donors (Lipinski definition) is 0. The van der Waals surface area contributed by atoms with Crippen molar-refractivity contribution in [1.82, 2.24) is 0 Å². The van der Waals surface area contributed by atoms with Crippen LogP contribution in [0.2, 0.25) is 0 Å². The third-order valence-electron chi connectivity index (χ3n) is 4.47. The van der Waals surface area contributed by atoms with Gasteiger partial charge in [-0.05, 0) is 24.3 Å². The zero-order chi connectivity index (χ0) is 19.6. The molecule has 0 atom stereocenters. The molecule has 2 aromatic rings. The van der Waals surface area contributed by atoms with Gasteiger partial charge in [0.1, 0.15) is 6.07 Å². The number of nitro benzene ring substituents is 1. The Balaban J connectivity index is 1.75. The minimum Gasteiger partial charge on any atom is -0.368 e. The second kappa shape index (κ2) is 7.15. The molecule has 1 aliphatic heterocycles. The van der Waals surface area contributed by atoms with E-state index < -0.39 is 16.7 Å². The van der Waals surface area contributed by atoms with Gasteiger partial charge < -0.3 is 9.80 Å². The number of nitro groups is 1. The van der Waals surface area contributed by atoms with Crippen molar-refractivity contribution in [3.8, 4) is 6.07 Å². The summed E-state index contributed by atoms with van der Waals surface area (Å²) in [7, 11) is 0. The lowest BCUT2D eigenvalue weighted by atomic mass is 10.1. The van der Waals surface area contributed by atoms with Gasteiger partial charge in [0.25, 0.3) is 5.69 Å². The van der Waals surface area contributed by atoms with Gasteiger partial charge in [0, 0.05) is 44.0 Å². The van der Waals surface area contributed by atoms with Gasteiger partial charge in [0.2, 0.25) is 0 Å². The van der Waals surface area contributed by atoms with Gasteiger partial charge in [0.05, 0.1) is 21.7 Å². The maximum atomic E-state index is 12.9. The lowest BCUT2D eigenvalue weighted by Crippen LogP contribution is -2.46. The number of nitrogens with zero attached hydrogens (tertiary/aromatic N) is 4. The van der Waals surface area contributed by atoms with Crippen molar-refractivity contribution in [1.29, 1.82) is 5.26 Å². The molecule has 0 amide bonds. The topological polar surface area (TPSA) is 73.4 Å². The molecule has 1 fully saturated rings. The summed E-state index contributed by atoms with van der Waals surface area (Å²) in [5, 5.41) is 20.1. The molecule has 0 unspecified atom stereocenters. The van der Waals surface area contributed by atoms with Gasteiger partial charge in [-0.15, -0.1) is 0 Å². The number of hydrogen-bond acceptors (Lipinski definition) is 5. The van der Waals surface area contributed by atoms with E-state index in [1.54, 1.807) is 6.07 Å². The van der Waals surface area contributed by atoms with Crippen LogP contribution in [0, 0.1) is 21.4 Å².